The quantitative estimate of drug-likeness (QED) is 0.341. The molecule has 0 spiro atoms. The van der Waals surface area contributed by atoms with Crippen molar-refractivity contribution in [3.05, 3.63) is 77.7 Å². The molecule has 1 atom stereocenters. The number of halogens is 1. The third-order valence-electron chi connectivity index (χ3n) is 5.44. The molecule has 11 heteroatoms. The highest BCUT2D eigenvalue weighted by Gasteiger charge is 2.29. The summed E-state index contributed by atoms with van der Waals surface area (Å²) >= 11 is 0. The number of esters is 1. The van der Waals surface area contributed by atoms with E-state index in [9.17, 15) is 22.4 Å². The molecule has 1 amide bonds. The van der Waals surface area contributed by atoms with Gasteiger partial charge >= 0.3 is 12.1 Å². The summed E-state index contributed by atoms with van der Waals surface area (Å²) in [6.07, 6.45) is 10.9. The molecule has 0 fully saturated rings. The first-order valence-corrected chi connectivity index (χ1v) is 13.5. The van der Waals surface area contributed by atoms with Gasteiger partial charge in [-0.1, -0.05) is 12.2 Å². The van der Waals surface area contributed by atoms with Gasteiger partial charge in [-0.2, -0.15) is 0 Å². The molecule has 38 heavy (non-hydrogen) atoms. The topological polar surface area (TPSA) is 108 Å². The number of rotatable bonds is 8. The standard InChI is InChI=1S/C27H32FN3O6S/c1-6-36-25(32)12-11-19-13-21(16-29-15-19)38(34,35)31-18-20(17-30(5)26(33)37-27(2,3)4)14-24(31)22-9-7-8-10-23(22)28/h7-8,10-16,18,22H,6,9,17H2,1-5H3/b12-11+. The van der Waals surface area contributed by atoms with Crippen LogP contribution in [0.2, 0.25) is 0 Å². The fourth-order valence-corrected chi connectivity index (χ4v) is 5.18. The summed E-state index contributed by atoms with van der Waals surface area (Å²) in [4.78, 5) is 29.3. The van der Waals surface area contributed by atoms with Crippen molar-refractivity contribution >= 4 is 28.2 Å². The molecule has 2 heterocycles. The summed E-state index contributed by atoms with van der Waals surface area (Å²) in [5.74, 6) is -1.87. The predicted octanol–water partition coefficient (Wildman–Crippen LogP) is 4.96. The molecule has 0 aromatic carbocycles. The van der Waals surface area contributed by atoms with E-state index in [4.69, 9.17) is 9.47 Å². The van der Waals surface area contributed by atoms with Crippen molar-refractivity contribution in [1.29, 1.82) is 0 Å². The average Bonchev–Trinajstić information content (AvgIpc) is 3.26. The van der Waals surface area contributed by atoms with Gasteiger partial charge in [-0.25, -0.2) is 26.4 Å². The number of carbonyl (C=O) groups excluding carboxylic acids is 2. The highest BCUT2D eigenvalue weighted by molar-refractivity contribution is 7.90. The maximum absolute atomic E-state index is 14.8. The molecule has 0 aliphatic heterocycles. The predicted molar refractivity (Wildman–Crippen MR) is 140 cm³/mol. The van der Waals surface area contributed by atoms with Crippen LogP contribution in [0.5, 0.6) is 0 Å². The van der Waals surface area contributed by atoms with Gasteiger partial charge in [0.2, 0.25) is 0 Å². The van der Waals surface area contributed by atoms with Crippen LogP contribution < -0.4 is 0 Å². The molecule has 1 aliphatic carbocycles. The zero-order chi connectivity index (χ0) is 28.1. The summed E-state index contributed by atoms with van der Waals surface area (Å²) in [5.41, 5.74) is 0.353. The molecular weight excluding hydrogens is 513 g/mol. The summed E-state index contributed by atoms with van der Waals surface area (Å²) < 4.78 is 53.6. The van der Waals surface area contributed by atoms with Crippen molar-refractivity contribution in [1.82, 2.24) is 13.9 Å². The minimum absolute atomic E-state index is 0.0406. The highest BCUT2D eigenvalue weighted by Crippen LogP contribution is 2.35. The van der Waals surface area contributed by atoms with E-state index in [1.165, 1.54) is 54.8 Å². The SMILES string of the molecule is CCOC(=O)/C=C/c1cncc(S(=O)(=O)n2cc(CN(C)C(=O)OC(C)(C)C)cc2C2CC=CC=C2F)c1. The first-order chi connectivity index (χ1) is 17.8. The normalized spacial score (nSPS) is 15.8. The number of allylic oxidation sites excluding steroid dienone is 4. The zero-order valence-electron chi connectivity index (χ0n) is 22.0. The van der Waals surface area contributed by atoms with Crippen LogP contribution in [0.25, 0.3) is 6.08 Å². The molecule has 1 aliphatic rings. The summed E-state index contributed by atoms with van der Waals surface area (Å²) in [5, 5.41) is 0. The molecule has 204 valence electrons. The van der Waals surface area contributed by atoms with E-state index in [0.29, 0.717) is 11.1 Å². The number of pyridine rings is 1. The summed E-state index contributed by atoms with van der Waals surface area (Å²) in [7, 11) is -2.69. The first-order valence-electron chi connectivity index (χ1n) is 12.0. The number of hydrogen-bond acceptors (Lipinski definition) is 7. The fraction of sp³-hybridized carbons (Fsp3) is 0.370. The van der Waals surface area contributed by atoms with E-state index in [2.05, 4.69) is 4.98 Å². The number of nitrogens with zero attached hydrogens (tertiary/aromatic N) is 3. The molecule has 1 unspecified atom stereocenters. The monoisotopic (exact) mass is 545 g/mol. The molecule has 0 N–H and O–H groups in total. The van der Waals surface area contributed by atoms with Gasteiger partial charge in [0.25, 0.3) is 10.0 Å². The van der Waals surface area contributed by atoms with Crippen LogP contribution in [-0.2, 0) is 30.8 Å². The van der Waals surface area contributed by atoms with Crippen LogP contribution in [0.1, 0.15) is 56.9 Å². The van der Waals surface area contributed by atoms with E-state index in [1.54, 1.807) is 45.9 Å². The van der Waals surface area contributed by atoms with Gasteiger partial charge in [0.15, 0.2) is 0 Å². The second-order valence-electron chi connectivity index (χ2n) is 9.72. The Morgan fingerprint density at radius 1 is 1.26 bits per heavy atom. The molecule has 2 aromatic rings. The number of hydrogen-bond donors (Lipinski definition) is 0. The van der Waals surface area contributed by atoms with Crippen molar-refractivity contribution in [2.75, 3.05) is 13.7 Å². The van der Waals surface area contributed by atoms with Crippen LogP contribution in [-0.4, -0.2) is 53.6 Å². The lowest BCUT2D eigenvalue weighted by Crippen LogP contribution is -2.33. The Bertz CT molecular complexity index is 1390. The van der Waals surface area contributed by atoms with E-state index in [1.807, 2.05) is 0 Å². The number of amides is 1. The zero-order valence-corrected chi connectivity index (χ0v) is 22.9. The van der Waals surface area contributed by atoms with Gasteiger partial charge < -0.3 is 14.4 Å². The van der Waals surface area contributed by atoms with Gasteiger partial charge in [-0.15, -0.1) is 0 Å². The molecular formula is C27H32FN3O6S. The minimum atomic E-state index is -4.23. The minimum Gasteiger partial charge on any atom is -0.463 e. The number of carbonyl (C=O) groups is 2. The third-order valence-corrected chi connectivity index (χ3v) is 7.09. The highest BCUT2D eigenvalue weighted by atomic mass is 32.2. The number of aromatic nitrogens is 2. The second-order valence-corrected chi connectivity index (χ2v) is 11.5. The van der Waals surface area contributed by atoms with Crippen molar-refractivity contribution in [2.24, 2.45) is 0 Å². The van der Waals surface area contributed by atoms with Gasteiger partial charge in [-0.05, 0) is 69.5 Å². The summed E-state index contributed by atoms with van der Waals surface area (Å²) in [6.45, 7) is 7.16. The van der Waals surface area contributed by atoms with Crippen LogP contribution in [0.4, 0.5) is 9.18 Å². The second kappa shape index (κ2) is 11.8. The maximum atomic E-state index is 14.8. The Balaban J connectivity index is 2.00. The summed E-state index contributed by atoms with van der Waals surface area (Å²) in [6, 6.07) is 2.94. The largest absolute Gasteiger partial charge is 0.463 e. The molecule has 0 saturated carbocycles. The van der Waals surface area contributed by atoms with E-state index >= 15 is 0 Å². The Kier molecular flexibility index (Phi) is 8.93. The van der Waals surface area contributed by atoms with Crippen molar-refractivity contribution < 1.29 is 31.9 Å². The Hall–Kier alpha value is -3.73. The van der Waals surface area contributed by atoms with Gasteiger partial charge in [0, 0.05) is 37.4 Å². The lowest BCUT2D eigenvalue weighted by Gasteiger charge is -2.24. The molecule has 0 bridgehead atoms. The fourth-order valence-electron chi connectivity index (χ4n) is 3.74. The van der Waals surface area contributed by atoms with Crippen LogP contribution in [0.3, 0.4) is 0 Å². The van der Waals surface area contributed by atoms with Crippen LogP contribution >= 0.6 is 0 Å². The average molecular weight is 546 g/mol. The molecule has 0 radical (unpaired) electrons. The maximum Gasteiger partial charge on any atom is 0.410 e. The van der Waals surface area contributed by atoms with E-state index in [-0.39, 0.29) is 30.2 Å². The third kappa shape index (κ3) is 7.18. The number of ether oxygens (including phenoxy) is 2. The van der Waals surface area contributed by atoms with Crippen LogP contribution in [0, 0.1) is 0 Å². The molecule has 3 rings (SSSR count). The van der Waals surface area contributed by atoms with Crippen molar-refractivity contribution in [3.8, 4) is 0 Å². The van der Waals surface area contributed by atoms with E-state index in [0.717, 1.165) is 3.97 Å². The Labute approximate surface area is 222 Å². The van der Waals surface area contributed by atoms with Gasteiger partial charge in [-0.3, -0.25) is 4.98 Å². The van der Waals surface area contributed by atoms with Gasteiger partial charge in [0.05, 0.1) is 19.1 Å². The Morgan fingerprint density at radius 2 is 2.00 bits per heavy atom. The first kappa shape index (κ1) is 28.8. The van der Waals surface area contributed by atoms with Gasteiger partial charge in [0.1, 0.15) is 16.3 Å². The molecule has 0 saturated heterocycles. The lowest BCUT2D eigenvalue weighted by molar-refractivity contribution is -0.137. The molecule has 2 aromatic heterocycles. The van der Waals surface area contributed by atoms with Crippen LogP contribution in [0.15, 0.2) is 65.7 Å². The van der Waals surface area contributed by atoms with Crippen molar-refractivity contribution in [2.45, 2.75) is 57.1 Å². The van der Waals surface area contributed by atoms with E-state index < -0.39 is 39.4 Å². The van der Waals surface area contributed by atoms with Crippen molar-refractivity contribution in [3.63, 3.8) is 0 Å². The molecule has 9 nitrogen and oxygen atoms in total. The lowest BCUT2D eigenvalue weighted by atomic mass is 9.96. The Morgan fingerprint density at radius 3 is 2.66 bits per heavy atom. The smallest absolute Gasteiger partial charge is 0.410 e.